The highest BCUT2D eigenvalue weighted by atomic mass is 19.1. The molecule has 0 saturated heterocycles. The van der Waals surface area contributed by atoms with Gasteiger partial charge in [0.15, 0.2) is 6.67 Å². The summed E-state index contributed by atoms with van der Waals surface area (Å²) in [6.45, 7) is -0.816. The highest BCUT2D eigenvalue weighted by Crippen LogP contribution is 2.22. The van der Waals surface area contributed by atoms with Crippen molar-refractivity contribution in [2.75, 3.05) is 7.11 Å². The monoisotopic (exact) mass is 236 g/mol. The molecule has 0 saturated carbocycles. The van der Waals surface area contributed by atoms with Crippen LogP contribution in [-0.4, -0.2) is 23.2 Å². The van der Waals surface area contributed by atoms with Crippen LogP contribution in [0.1, 0.15) is 16.2 Å². The minimum Gasteiger partial charge on any atom is -0.465 e. The molecule has 0 atom stereocenters. The number of nitrogens with zero attached hydrogens (tertiary/aromatic N) is 2. The summed E-state index contributed by atoms with van der Waals surface area (Å²) in [6.07, 6.45) is 0. The Morgan fingerprint density at radius 1 is 1.47 bits per heavy atom. The number of ether oxygens (including phenoxy) is 1. The predicted molar refractivity (Wildman–Crippen MR) is 55.9 cm³/mol. The zero-order chi connectivity index (χ0) is 12.3. The van der Waals surface area contributed by atoms with Gasteiger partial charge < -0.3 is 9.26 Å². The summed E-state index contributed by atoms with van der Waals surface area (Å²) in [5, 5.41) is 3.42. The number of alkyl halides is 1. The molecule has 0 fully saturated rings. The topological polar surface area (TPSA) is 65.2 Å². The van der Waals surface area contributed by atoms with Crippen molar-refractivity contribution in [1.29, 1.82) is 0 Å². The van der Waals surface area contributed by atoms with Crippen molar-refractivity contribution < 1.29 is 18.4 Å². The van der Waals surface area contributed by atoms with Crippen LogP contribution in [-0.2, 0) is 11.4 Å². The SMILES string of the molecule is COC(=O)c1ccccc1-c1nc(CF)no1. The number of halogens is 1. The lowest BCUT2D eigenvalue weighted by molar-refractivity contribution is 0.0601. The first-order chi connectivity index (χ1) is 8.26. The normalized spacial score (nSPS) is 10.2. The Morgan fingerprint density at radius 3 is 2.88 bits per heavy atom. The number of esters is 1. The van der Waals surface area contributed by atoms with Crippen LogP contribution in [0.5, 0.6) is 0 Å². The quantitative estimate of drug-likeness (QED) is 0.762. The van der Waals surface area contributed by atoms with Crippen LogP contribution in [0, 0.1) is 0 Å². The molecule has 0 spiro atoms. The molecule has 1 aromatic carbocycles. The van der Waals surface area contributed by atoms with E-state index in [1.54, 1.807) is 24.3 Å². The van der Waals surface area contributed by atoms with Crippen LogP contribution in [0.4, 0.5) is 4.39 Å². The highest BCUT2D eigenvalue weighted by Gasteiger charge is 2.17. The van der Waals surface area contributed by atoms with Crippen molar-refractivity contribution >= 4 is 5.97 Å². The predicted octanol–water partition coefficient (Wildman–Crippen LogP) is 1.99. The molecule has 2 rings (SSSR count). The van der Waals surface area contributed by atoms with Gasteiger partial charge in [0, 0.05) is 0 Å². The molecular formula is C11H9FN2O3. The summed E-state index contributed by atoms with van der Waals surface area (Å²) in [5.74, 6) is -0.473. The third-order valence-corrected chi connectivity index (χ3v) is 2.15. The summed E-state index contributed by atoms with van der Waals surface area (Å²) in [5.41, 5.74) is 0.718. The van der Waals surface area contributed by atoms with Crippen molar-refractivity contribution in [3.8, 4) is 11.5 Å². The van der Waals surface area contributed by atoms with E-state index < -0.39 is 12.6 Å². The maximum absolute atomic E-state index is 12.3. The van der Waals surface area contributed by atoms with Crippen LogP contribution in [0.3, 0.4) is 0 Å². The molecular weight excluding hydrogens is 227 g/mol. The van der Waals surface area contributed by atoms with E-state index in [4.69, 9.17) is 4.52 Å². The Kier molecular flexibility index (Phi) is 3.13. The Morgan fingerprint density at radius 2 is 2.24 bits per heavy atom. The van der Waals surface area contributed by atoms with E-state index in [1.165, 1.54) is 7.11 Å². The van der Waals surface area contributed by atoms with Crippen molar-refractivity contribution in [1.82, 2.24) is 10.1 Å². The molecule has 0 amide bonds. The van der Waals surface area contributed by atoms with Crippen LogP contribution in [0.25, 0.3) is 11.5 Å². The Bertz CT molecular complexity index is 539. The Balaban J connectivity index is 2.47. The third kappa shape index (κ3) is 2.15. The minimum absolute atomic E-state index is 0.0559. The fourth-order valence-corrected chi connectivity index (χ4v) is 1.38. The van der Waals surface area contributed by atoms with Crippen LogP contribution < -0.4 is 0 Å². The molecule has 0 aliphatic rings. The third-order valence-electron chi connectivity index (χ3n) is 2.15. The lowest BCUT2D eigenvalue weighted by atomic mass is 10.1. The molecule has 6 heteroatoms. The first kappa shape index (κ1) is 11.3. The molecule has 0 aliphatic carbocycles. The van der Waals surface area contributed by atoms with E-state index in [1.807, 2.05) is 0 Å². The molecule has 0 unspecified atom stereocenters. The van der Waals surface area contributed by atoms with E-state index >= 15 is 0 Å². The largest absolute Gasteiger partial charge is 0.465 e. The van der Waals surface area contributed by atoms with Gasteiger partial charge in [0.25, 0.3) is 5.89 Å². The number of methoxy groups -OCH3 is 1. The number of hydrogen-bond donors (Lipinski definition) is 0. The second-order valence-corrected chi connectivity index (χ2v) is 3.19. The zero-order valence-corrected chi connectivity index (χ0v) is 9.01. The van der Waals surface area contributed by atoms with Crippen molar-refractivity contribution in [3.63, 3.8) is 0 Å². The lowest BCUT2D eigenvalue weighted by Crippen LogP contribution is -2.03. The van der Waals surface area contributed by atoms with Crippen molar-refractivity contribution in [2.24, 2.45) is 0 Å². The number of aromatic nitrogens is 2. The second kappa shape index (κ2) is 4.73. The molecule has 0 radical (unpaired) electrons. The van der Waals surface area contributed by atoms with Crippen LogP contribution in [0.2, 0.25) is 0 Å². The molecule has 1 aromatic heterocycles. The molecule has 5 nitrogen and oxygen atoms in total. The Labute approximate surface area is 96.2 Å². The number of rotatable bonds is 3. The van der Waals surface area contributed by atoms with E-state index in [0.717, 1.165) is 0 Å². The molecule has 1 heterocycles. The van der Waals surface area contributed by atoms with Crippen molar-refractivity contribution in [2.45, 2.75) is 6.67 Å². The maximum Gasteiger partial charge on any atom is 0.338 e. The lowest BCUT2D eigenvalue weighted by Gasteiger charge is -2.02. The van der Waals surface area contributed by atoms with Gasteiger partial charge in [-0.3, -0.25) is 0 Å². The highest BCUT2D eigenvalue weighted by molar-refractivity contribution is 5.95. The first-order valence-corrected chi connectivity index (χ1v) is 4.82. The maximum atomic E-state index is 12.3. The minimum atomic E-state index is -0.816. The number of benzene rings is 1. The summed E-state index contributed by atoms with van der Waals surface area (Å²) in [6, 6.07) is 6.59. The average Bonchev–Trinajstić information content (AvgIpc) is 2.86. The molecule has 0 bridgehead atoms. The van der Waals surface area contributed by atoms with Gasteiger partial charge in [-0.05, 0) is 12.1 Å². The molecule has 0 N–H and O–H groups in total. The van der Waals surface area contributed by atoms with Gasteiger partial charge in [-0.25, -0.2) is 9.18 Å². The van der Waals surface area contributed by atoms with Crippen LogP contribution in [0.15, 0.2) is 28.8 Å². The summed E-state index contributed by atoms with van der Waals surface area (Å²) in [7, 11) is 1.28. The summed E-state index contributed by atoms with van der Waals surface area (Å²) >= 11 is 0. The van der Waals surface area contributed by atoms with Crippen molar-refractivity contribution in [3.05, 3.63) is 35.7 Å². The standard InChI is InChI=1S/C11H9FN2O3/c1-16-11(15)8-5-3-2-4-7(8)10-13-9(6-12)14-17-10/h2-5H,6H2,1H3. The summed E-state index contributed by atoms with van der Waals surface area (Å²) < 4.78 is 21.8. The van der Waals surface area contributed by atoms with Gasteiger partial charge >= 0.3 is 5.97 Å². The van der Waals surface area contributed by atoms with Gasteiger partial charge in [-0.15, -0.1) is 0 Å². The number of carbonyl (C=O) groups is 1. The van der Waals surface area contributed by atoms with Gasteiger partial charge in [-0.1, -0.05) is 17.3 Å². The zero-order valence-electron chi connectivity index (χ0n) is 9.01. The second-order valence-electron chi connectivity index (χ2n) is 3.19. The van der Waals surface area contributed by atoms with E-state index in [0.29, 0.717) is 11.1 Å². The van der Waals surface area contributed by atoms with Gasteiger partial charge in [0.2, 0.25) is 5.82 Å². The van der Waals surface area contributed by atoms with E-state index in [9.17, 15) is 9.18 Å². The summed E-state index contributed by atoms with van der Waals surface area (Å²) in [4.78, 5) is 15.3. The average molecular weight is 236 g/mol. The van der Waals surface area contributed by atoms with Gasteiger partial charge in [0.05, 0.1) is 18.2 Å². The Hall–Kier alpha value is -2.24. The molecule has 17 heavy (non-hydrogen) atoms. The first-order valence-electron chi connectivity index (χ1n) is 4.82. The van der Waals surface area contributed by atoms with E-state index in [-0.39, 0.29) is 11.7 Å². The number of hydrogen-bond acceptors (Lipinski definition) is 5. The fraction of sp³-hybridized carbons (Fsp3) is 0.182. The fourth-order valence-electron chi connectivity index (χ4n) is 1.38. The van der Waals surface area contributed by atoms with E-state index in [2.05, 4.69) is 14.9 Å². The molecule has 88 valence electrons. The number of carbonyl (C=O) groups excluding carboxylic acids is 1. The smallest absolute Gasteiger partial charge is 0.338 e. The van der Waals surface area contributed by atoms with Gasteiger partial charge in [0.1, 0.15) is 0 Å². The molecule has 2 aromatic rings. The van der Waals surface area contributed by atoms with Crippen LogP contribution >= 0.6 is 0 Å². The van der Waals surface area contributed by atoms with Gasteiger partial charge in [-0.2, -0.15) is 4.98 Å². The molecule has 0 aliphatic heterocycles.